The number of hydrogen-bond acceptors (Lipinski definition) is 6. The zero-order valence-electron chi connectivity index (χ0n) is 20.2. The van der Waals surface area contributed by atoms with Crippen molar-refractivity contribution < 1.29 is 9.53 Å². The molecule has 0 unspecified atom stereocenters. The second-order valence-corrected chi connectivity index (χ2v) is 9.41. The molecule has 0 N–H and O–H groups in total. The highest BCUT2D eigenvalue weighted by molar-refractivity contribution is 6.13. The maximum atomic E-state index is 12.5. The summed E-state index contributed by atoms with van der Waals surface area (Å²) < 4.78 is 5.54. The van der Waals surface area contributed by atoms with E-state index in [1.165, 1.54) is 0 Å². The normalized spacial score (nSPS) is 16.2. The second kappa shape index (κ2) is 10.0. The number of hydrogen-bond donors (Lipinski definition) is 0. The first kappa shape index (κ1) is 23.4. The van der Waals surface area contributed by atoms with Crippen molar-refractivity contribution in [2.45, 2.75) is 39.3 Å². The van der Waals surface area contributed by atoms with E-state index in [0.29, 0.717) is 25.5 Å². The van der Waals surface area contributed by atoms with E-state index >= 15 is 0 Å². The van der Waals surface area contributed by atoms with Gasteiger partial charge in [0, 0.05) is 36.8 Å². The molecule has 7 nitrogen and oxygen atoms in total. The Kier molecular flexibility index (Phi) is 6.91. The molecule has 1 saturated heterocycles. The van der Waals surface area contributed by atoms with Crippen LogP contribution in [0.5, 0.6) is 0 Å². The summed E-state index contributed by atoms with van der Waals surface area (Å²) >= 11 is 0. The van der Waals surface area contributed by atoms with E-state index in [1.807, 2.05) is 100 Å². The number of piperazine rings is 1. The molecule has 1 fully saturated rings. The van der Waals surface area contributed by atoms with Gasteiger partial charge >= 0.3 is 6.09 Å². The number of anilines is 1. The number of benzene rings is 2. The van der Waals surface area contributed by atoms with Crippen LogP contribution in [0.1, 0.15) is 38.8 Å². The van der Waals surface area contributed by atoms with Crippen LogP contribution in [0.15, 0.2) is 77.8 Å². The largest absolute Gasteiger partial charge is 0.444 e. The average molecular weight is 458 g/mol. The van der Waals surface area contributed by atoms with Gasteiger partial charge in [-0.1, -0.05) is 60.7 Å². The highest BCUT2D eigenvalue weighted by Gasteiger charge is 2.31. The van der Waals surface area contributed by atoms with Crippen molar-refractivity contribution in [3.05, 3.63) is 83.9 Å². The lowest BCUT2D eigenvalue weighted by Crippen LogP contribution is -2.55. The number of amides is 1. The first-order valence-electron chi connectivity index (χ1n) is 11.6. The topological polar surface area (TPSA) is 70.9 Å². The van der Waals surface area contributed by atoms with Gasteiger partial charge in [0.1, 0.15) is 5.60 Å². The maximum Gasteiger partial charge on any atom is 0.410 e. The Bertz CT molecular complexity index is 1080. The molecule has 1 atom stereocenters. The van der Waals surface area contributed by atoms with Gasteiger partial charge in [0.15, 0.2) is 11.6 Å². The molecule has 34 heavy (non-hydrogen) atoms. The lowest BCUT2D eigenvalue weighted by atomic mass is 10.0. The van der Waals surface area contributed by atoms with E-state index in [9.17, 15) is 4.79 Å². The van der Waals surface area contributed by atoms with Gasteiger partial charge in [-0.2, -0.15) is 0 Å². The van der Waals surface area contributed by atoms with Crippen molar-refractivity contribution >= 4 is 23.4 Å². The predicted octanol–water partition coefficient (Wildman–Crippen LogP) is 5.09. The number of ether oxygens (including phenoxy) is 1. The molecule has 0 saturated carbocycles. The molecule has 2 heterocycles. The number of rotatable bonds is 4. The highest BCUT2D eigenvalue weighted by Crippen LogP contribution is 2.22. The van der Waals surface area contributed by atoms with Crippen molar-refractivity contribution in [3.63, 3.8) is 0 Å². The average Bonchev–Trinajstić information content (AvgIpc) is 2.83. The number of carbonyl (C=O) groups is 1. The fourth-order valence-electron chi connectivity index (χ4n) is 3.91. The van der Waals surface area contributed by atoms with Gasteiger partial charge in [0.25, 0.3) is 0 Å². The van der Waals surface area contributed by atoms with Crippen LogP contribution in [-0.4, -0.2) is 58.2 Å². The molecule has 1 aliphatic heterocycles. The fourth-order valence-corrected chi connectivity index (χ4v) is 3.91. The van der Waals surface area contributed by atoms with Gasteiger partial charge < -0.3 is 14.5 Å². The van der Waals surface area contributed by atoms with Crippen molar-refractivity contribution in [2.24, 2.45) is 4.99 Å². The first-order valence-corrected chi connectivity index (χ1v) is 11.6. The highest BCUT2D eigenvalue weighted by atomic mass is 16.6. The van der Waals surface area contributed by atoms with Crippen molar-refractivity contribution in [1.82, 2.24) is 15.1 Å². The zero-order chi connectivity index (χ0) is 24.1. The molecule has 3 aromatic rings. The van der Waals surface area contributed by atoms with E-state index in [1.54, 1.807) is 4.90 Å². The molecule has 0 aliphatic carbocycles. The van der Waals surface area contributed by atoms with Gasteiger partial charge in [-0.3, -0.25) is 0 Å². The van der Waals surface area contributed by atoms with E-state index in [2.05, 4.69) is 15.1 Å². The van der Waals surface area contributed by atoms with E-state index in [0.717, 1.165) is 22.7 Å². The zero-order valence-corrected chi connectivity index (χ0v) is 20.2. The lowest BCUT2D eigenvalue weighted by molar-refractivity contribution is 0.0158. The van der Waals surface area contributed by atoms with Crippen LogP contribution < -0.4 is 4.90 Å². The van der Waals surface area contributed by atoms with Crippen LogP contribution in [0.25, 0.3) is 0 Å². The summed E-state index contributed by atoms with van der Waals surface area (Å²) in [5, 5.41) is 8.83. The molecular weight excluding hydrogens is 426 g/mol. The summed E-state index contributed by atoms with van der Waals surface area (Å²) in [7, 11) is 0. The monoisotopic (exact) mass is 457 g/mol. The van der Waals surface area contributed by atoms with Gasteiger partial charge in [0.05, 0.1) is 5.71 Å². The molecule has 7 heteroatoms. The van der Waals surface area contributed by atoms with Gasteiger partial charge in [-0.05, 0) is 39.8 Å². The lowest BCUT2D eigenvalue weighted by Gasteiger charge is -2.40. The van der Waals surface area contributed by atoms with Gasteiger partial charge in [-0.15, -0.1) is 10.2 Å². The summed E-state index contributed by atoms with van der Waals surface area (Å²) in [5.41, 5.74) is 2.38. The van der Waals surface area contributed by atoms with Gasteiger partial charge in [0.2, 0.25) is 0 Å². The van der Waals surface area contributed by atoms with Gasteiger partial charge in [-0.25, -0.2) is 9.79 Å². The van der Waals surface area contributed by atoms with Crippen LogP contribution in [0.3, 0.4) is 0 Å². The Hall–Kier alpha value is -3.74. The molecule has 1 amide bonds. The summed E-state index contributed by atoms with van der Waals surface area (Å²) in [6, 6.07) is 24.0. The molecule has 0 spiro atoms. The molecular formula is C27H31N5O2. The Morgan fingerprint density at radius 1 is 0.912 bits per heavy atom. The number of aromatic nitrogens is 2. The summed E-state index contributed by atoms with van der Waals surface area (Å²) in [6.45, 7) is 9.57. The molecule has 0 bridgehead atoms. The molecule has 2 aromatic carbocycles. The Morgan fingerprint density at radius 2 is 1.53 bits per heavy atom. The second-order valence-electron chi connectivity index (χ2n) is 9.41. The summed E-state index contributed by atoms with van der Waals surface area (Å²) in [4.78, 5) is 21.2. The minimum atomic E-state index is -0.506. The number of carbonyl (C=O) groups excluding carboxylic acids is 1. The Morgan fingerprint density at radius 3 is 2.03 bits per heavy atom. The van der Waals surface area contributed by atoms with E-state index in [-0.39, 0.29) is 12.1 Å². The number of aliphatic imine (C=N–C) groups is 1. The van der Waals surface area contributed by atoms with E-state index in [4.69, 9.17) is 9.73 Å². The third kappa shape index (κ3) is 5.78. The molecule has 1 aliphatic rings. The van der Waals surface area contributed by atoms with Crippen LogP contribution in [-0.2, 0) is 4.74 Å². The standard InChI is InChI=1S/C27H31N5O2/c1-20-19-31(17-18-32(20)26(33)34-27(2,3)4)24-16-15-23(29-30-24)28-25(21-11-7-5-8-12-21)22-13-9-6-10-14-22/h5-16,20H,17-19H2,1-4H3/t20-/m0/s1. The van der Waals surface area contributed by atoms with Crippen LogP contribution in [0, 0.1) is 0 Å². The van der Waals surface area contributed by atoms with Crippen molar-refractivity contribution in [2.75, 3.05) is 24.5 Å². The van der Waals surface area contributed by atoms with E-state index < -0.39 is 5.60 Å². The minimum absolute atomic E-state index is 0.00543. The van der Waals surface area contributed by atoms with Crippen LogP contribution in [0.2, 0.25) is 0 Å². The third-order valence-electron chi connectivity index (χ3n) is 5.54. The minimum Gasteiger partial charge on any atom is -0.444 e. The molecule has 4 rings (SSSR count). The SMILES string of the molecule is C[C@H]1CN(c2ccc(N=C(c3ccccc3)c3ccccc3)nn2)CCN1C(=O)OC(C)(C)C. The maximum absolute atomic E-state index is 12.5. The molecule has 176 valence electrons. The molecule has 1 aromatic heterocycles. The van der Waals surface area contributed by atoms with Crippen LogP contribution >= 0.6 is 0 Å². The summed E-state index contributed by atoms with van der Waals surface area (Å²) in [6.07, 6.45) is -0.273. The van der Waals surface area contributed by atoms with Crippen molar-refractivity contribution in [1.29, 1.82) is 0 Å². The van der Waals surface area contributed by atoms with Crippen LogP contribution in [0.4, 0.5) is 16.4 Å². The first-order chi connectivity index (χ1) is 16.3. The quantitative estimate of drug-likeness (QED) is 0.510. The fraction of sp³-hybridized carbons (Fsp3) is 0.333. The summed E-state index contributed by atoms with van der Waals surface area (Å²) in [5.74, 6) is 1.32. The van der Waals surface area contributed by atoms with Crippen molar-refractivity contribution in [3.8, 4) is 0 Å². The third-order valence-corrected chi connectivity index (χ3v) is 5.54. The predicted molar refractivity (Wildman–Crippen MR) is 135 cm³/mol. The Labute approximate surface area is 201 Å². The molecule has 0 radical (unpaired) electrons. The number of nitrogens with zero attached hydrogens (tertiary/aromatic N) is 5. The Balaban J connectivity index is 1.50. The smallest absolute Gasteiger partial charge is 0.410 e.